The maximum absolute atomic E-state index is 12.6. The van der Waals surface area contributed by atoms with Crippen LogP contribution in [0.4, 0.5) is 59.0 Å². The molecule has 148 heavy (non-hydrogen) atoms. The van der Waals surface area contributed by atoms with Crippen molar-refractivity contribution in [1.82, 2.24) is 84.3 Å². The number of furan rings is 1. The molecule has 43 heteroatoms. The molecule has 2 saturated heterocycles. The Morgan fingerprint density at radius 3 is 1.10 bits per heavy atom. The number of nitrogen functional groups attached to an aromatic ring is 7. The average molecular weight is 2070 g/mol. The van der Waals surface area contributed by atoms with Gasteiger partial charge in [0.05, 0.1) is 94.6 Å². The number of amides is 3. The van der Waals surface area contributed by atoms with E-state index in [2.05, 4.69) is 91.0 Å². The Bertz CT molecular complexity index is 7420. The Labute approximate surface area is 859 Å². The van der Waals surface area contributed by atoms with Crippen molar-refractivity contribution in [3.8, 4) is 78.8 Å². The minimum atomic E-state index is -3.50. The summed E-state index contributed by atoms with van der Waals surface area (Å²) >= 11 is 0. The van der Waals surface area contributed by atoms with E-state index >= 15 is 0 Å². The van der Waals surface area contributed by atoms with Crippen molar-refractivity contribution in [3.05, 3.63) is 287 Å². The van der Waals surface area contributed by atoms with Gasteiger partial charge in [0.1, 0.15) is 23.2 Å². The third-order valence-electron chi connectivity index (χ3n) is 22.1. The number of morpholine rings is 2. The molecule has 2 aliphatic rings. The van der Waals surface area contributed by atoms with E-state index in [4.69, 9.17) is 54.0 Å². The molecule has 40 nitrogen and oxygen atoms in total. The van der Waals surface area contributed by atoms with Gasteiger partial charge in [-0.3, -0.25) is 19.2 Å². The minimum Gasteiger partial charge on any atom is -0.467 e. The van der Waals surface area contributed by atoms with Crippen LogP contribution in [-0.2, 0) is 99.6 Å². The van der Waals surface area contributed by atoms with Gasteiger partial charge in [0.2, 0.25) is 57.6 Å². The van der Waals surface area contributed by atoms with Crippen molar-refractivity contribution in [2.45, 2.75) is 109 Å². The molecule has 0 radical (unpaired) electrons. The van der Waals surface area contributed by atoms with E-state index < -0.39 is 29.7 Å². The molecule has 8 aromatic heterocycles. The molecular weight excluding hydrogens is 1940 g/mol. The van der Waals surface area contributed by atoms with E-state index in [0.717, 1.165) is 139 Å². The van der Waals surface area contributed by atoms with Crippen LogP contribution in [0.1, 0.15) is 115 Å². The summed E-state index contributed by atoms with van der Waals surface area (Å²) in [6, 6.07) is 67.0. The summed E-state index contributed by atoms with van der Waals surface area (Å²) < 4.78 is 87.6. The Balaban J connectivity index is 0.000000164. The van der Waals surface area contributed by atoms with Crippen LogP contribution in [0, 0.1) is 0 Å². The number of carbonyl (C=O) groups is 4. The number of sulfonamides is 1. The number of ether oxygens (including phenoxy) is 2. The molecule has 10 heterocycles. The molecule has 772 valence electrons. The van der Waals surface area contributed by atoms with E-state index in [1.54, 1.807) is 118 Å². The zero-order chi connectivity index (χ0) is 107. The number of Topliss-reactive ketones (excluding diaryl/α,β-unsaturated/α-hetero) is 1. The Morgan fingerprint density at radius 2 is 0.730 bits per heavy atom. The second kappa shape index (κ2) is 53.3. The minimum absolute atomic E-state index is 0.0212. The largest absolute Gasteiger partial charge is 0.467 e. The lowest BCUT2D eigenvalue weighted by Gasteiger charge is -2.27. The first kappa shape index (κ1) is 112. The van der Waals surface area contributed by atoms with Gasteiger partial charge in [0.15, 0.2) is 19.7 Å². The van der Waals surface area contributed by atoms with Crippen molar-refractivity contribution in [2.75, 3.05) is 135 Å². The quantitative estimate of drug-likeness (QED) is 0.0240. The zero-order valence-electron chi connectivity index (χ0n) is 84.0. The predicted octanol–water partition coefficient (Wildman–Crippen LogP) is 13.0. The maximum Gasteiger partial charge on any atom is 0.254 e. The average Bonchev–Trinajstić information content (AvgIpc) is 0.814. The first-order chi connectivity index (χ1) is 70.8. The van der Waals surface area contributed by atoms with Gasteiger partial charge in [0.25, 0.3) is 11.8 Å². The van der Waals surface area contributed by atoms with Crippen molar-refractivity contribution >= 4 is 112 Å². The fourth-order valence-corrected chi connectivity index (χ4v) is 17.5. The monoisotopic (exact) mass is 2060 g/mol. The Kier molecular flexibility index (Phi) is 40.2. The maximum atomic E-state index is 12.6. The number of anilines is 10. The molecule has 0 aliphatic carbocycles. The van der Waals surface area contributed by atoms with Gasteiger partial charge in [-0.05, 0) is 153 Å². The summed E-state index contributed by atoms with van der Waals surface area (Å²) in [7, 11) is -6.19. The van der Waals surface area contributed by atoms with E-state index in [-0.39, 0.29) is 74.7 Å². The highest BCUT2D eigenvalue weighted by Gasteiger charge is 2.27. The van der Waals surface area contributed by atoms with Crippen LogP contribution in [-0.4, -0.2) is 207 Å². The van der Waals surface area contributed by atoms with Gasteiger partial charge in [-0.2, -0.15) is 14.3 Å². The fourth-order valence-electron chi connectivity index (χ4n) is 14.7. The molecule has 7 aromatic carbocycles. The Morgan fingerprint density at radius 1 is 0.372 bits per heavy atom. The smallest absolute Gasteiger partial charge is 0.254 e. The van der Waals surface area contributed by atoms with E-state index in [1.807, 2.05) is 173 Å². The molecule has 0 saturated carbocycles. The summed E-state index contributed by atoms with van der Waals surface area (Å²) in [6.07, 6.45) is 8.39. The summed E-state index contributed by atoms with van der Waals surface area (Å²) in [5, 5.41) is 11.4. The van der Waals surface area contributed by atoms with Crippen molar-refractivity contribution in [2.24, 2.45) is 0 Å². The SMILES string of the molecule is CCc1cc(-c2ccc(CC(C)=O)cc2)nc(N)n1.CCc1cc(-c2ccc(CS(C)(=O)=O)cc2)nc(N)n1.CCc1cc(-c2ccc(S(C)(=O)=O)cc2)nc(N)n1.CCc1cc(-c2cccc(C(=O)N3CCOCC3)c2)nc(N)n1.CCc1cc(-c2cccc(NC(C)=O)c2)nc(N)n1.CNc1cc(-c2ccc(C(=O)NCc3ccco3)cc2)nc(N)n1.CNc1cc(-c2ccc(S(=O)(=O)N3CCOCC3)cc2)nc(N)n1. The first-order valence-corrected chi connectivity index (χ1v) is 52.6. The van der Waals surface area contributed by atoms with Crippen LogP contribution in [0.25, 0.3) is 78.8 Å². The van der Waals surface area contributed by atoms with Crippen LogP contribution in [0.3, 0.4) is 0 Å². The van der Waals surface area contributed by atoms with E-state index in [1.165, 1.54) is 23.7 Å². The second-order valence-corrected chi connectivity index (χ2v) is 39.6. The molecule has 3 amide bonds. The number of aromatic nitrogens is 14. The normalized spacial score (nSPS) is 12.2. The van der Waals surface area contributed by atoms with Gasteiger partial charge in [0, 0.05) is 162 Å². The highest BCUT2D eigenvalue weighted by molar-refractivity contribution is 7.90. The molecule has 2 aliphatic heterocycles. The standard InChI is InChI=1S/C17H17N5O2.C17H20N4O2.C15H19N5O3S.C15H17N3O.C14H16N4O.C14H17N3O2S.C13H15N3O2S/c1-19-15-9-14(21-17(18)22-15)11-4-6-12(7-5-11)16(23)20-10-13-3-2-8-24-13;1-2-14-11-15(20-17(18)19-14)12-4-3-5-13(10-12)16(22)21-6-8-23-9-7-21;1-17-14-10-13(18-15(16)19-14)11-2-4-12(5-3-11)24(21,22)20-6-8-23-9-7-20;1-3-13-9-14(18-15(16)17-13)12-6-4-11(5-7-12)8-10(2)19;1-3-11-8-13(18-14(15)17-11)10-5-4-6-12(7-10)16-9(2)19;1-3-12-8-13(17-14(15)16-12)11-6-4-10(5-7-11)9-20(2,18)19;1-3-10-8-12(16-13(14)15-10)9-4-6-11(7-5-9)19(2,17)18/h2-9H,10H2,1H3,(H,20,23)(H3,18,19,21,22);3-5,10-11H,2,6-9H2,1H3,(H2,18,19,20);2-5,10H,6-9H2,1H3,(H3,16,17,18,19);4-7,9H,3,8H2,1-2H3,(H2,16,17,18);4-8H,3H2,1-2H3,(H,16,19)(H2,15,17,18);4-8H,3,9H2,1-2H3,(H2,15,16,17);4-8H,3H2,1-2H3,(H2,14,15,16). The number of nitrogens with zero attached hydrogens (tertiary/aromatic N) is 16. The molecule has 0 bridgehead atoms. The molecule has 15 aromatic rings. The number of nitrogens with two attached hydrogens (primary N) is 7. The van der Waals surface area contributed by atoms with Crippen LogP contribution in [0.2, 0.25) is 0 Å². The van der Waals surface area contributed by atoms with E-state index in [9.17, 15) is 44.4 Å². The number of aryl methyl sites for hydroxylation is 5. The number of hydrogen-bond donors (Lipinski definition) is 11. The number of nitrogens with one attached hydrogen (secondary N) is 4. The highest BCUT2D eigenvalue weighted by Crippen LogP contribution is 2.31. The third-order valence-corrected chi connectivity index (χ3v) is 26.0. The number of hydrogen-bond acceptors (Lipinski definition) is 36. The molecule has 2 fully saturated rings. The lowest BCUT2D eigenvalue weighted by Crippen LogP contribution is -2.40. The van der Waals surface area contributed by atoms with Gasteiger partial charge >= 0.3 is 0 Å². The van der Waals surface area contributed by atoms with Crippen LogP contribution >= 0.6 is 0 Å². The van der Waals surface area contributed by atoms with Crippen LogP contribution in [0.15, 0.2) is 245 Å². The molecule has 17 rings (SSSR count). The van der Waals surface area contributed by atoms with Crippen molar-refractivity contribution < 1.29 is 58.3 Å². The lowest BCUT2D eigenvalue weighted by molar-refractivity contribution is -0.116. The molecule has 0 unspecified atom stereocenters. The topological polar surface area (TPSA) is 619 Å². The second-order valence-electron chi connectivity index (χ2n) is 33.5. The van der Waals surface area contributed by atoms with E-state index in [0.29, 0.717) is 117 Å². The molecule has 0 atom stereocenters. The number of carbonyl (C=O) groups excluding carboxylic acids is 4. The van der Waals surface area contributed by atoms with Gasteiger partial charge in [-0.25, -0.2) is 85.1 Å². The molecule has 18 N–H and O–H groups in total. The predicted molar refractivity (Wildman–Crippen MR) is 576 cm³/mol. The molecule has 0 spiro atoms. The Hall–Kier alpha value is -16.6. The fraction of sp³-hybridized carbons (Fsp3) is 0.257. The van der Waals surface area contributed by atoms with Gasteiger partial charge in [-0.1, -0.05) is 144 Å². The molecular formula is C105H121N27O13S3. The number of ketones is 1. The van der Waals surface area contributed by atoms with Crippen LogP contribution in [0.5, 0.6) is 0 Å². The number of benzene rings is 7. The highest BCUT2D eigenvalue weighted by atomic mass is 32.2. The van der Waals surface area contributed by atoms with Crippen LogP contribution < -0.4 is 61.4 Å². The first-order valence-electron chi connectivity index (χ1n) is 47.2. The summed E-state index contributed by atoms with van der Waals surface area (Å²) in [4.78, 5) is 108. The van der Waals surface area contributed by atoms with Gasteiger partial charge in [-0.15, -0.1) is 0 Å². The third kappa shape index (κ3) is 34.0. The van der Waals surface area contributed by atoms with Gasteiger partial charge < -0.3 is 80.2 Å². The number of sulfone groups is 2. The number of rotatable bonds is 26. The summed E-state index contributed by atoms with van der Waals surface area (Å²) in [5.41, 5.74) is 59.2. The zero-order valence-corrected chi connectivity index (χ0v) is 86.4. The van der Waals surface area contributed by atoms with Crippen molar-refractivity contribution in [1.29, 1.82) is 0 Å². The van der Waals surface area contributed by atoms with Crippen molar-refractivity contribution in [3.63, 3.8) is 0 Å². The summed E-state index contributed by atoms with van der Waals surface area (Å²) in [6.45, 7) is 17.5. The summed E-state index contributed by atoms with van der Waals surface area (Å²) in [5.74, 6) is 3.52. The lowest BCUT2D eigenvalue weighted by atomic mass is 10.0.